The third-order valence-electron chi connectivity index (χ3n) is 1.95. The lowest BCUT2D eigenvalue weighted by atomic mass is 10.4. The Morgan fingerprint density at radius 2 is 2.06 bits per heavy atom. The molecule has 7 nitrogen and oxygen atoms in total. The largest absolute Gasteiger partial charge is 0.476 e. The molecule has 1 aromatic rings. The lowest BCUT2D eigenvalue weighted by molar-refractivity contribution is 0.0691. The number of carbonyl (C=O) groups excluding carboxylic acids is 1. The third kappa shape index (κ3) is 2.66. The summed E-state index contributed by atoms with van der Waals surface area (Å²) in [6.07, 6.45) is 2.57. The molecular weight excluding hydrogens is 212 g/mol. The minimum absolute atomic E-state index is 0.0553. The molecule has 0 aliphatic rings. The van der Waals surface area contributed by atoms with E-state index in [0.717, 1.165) is 0 Å². The molecule has 0 radical (unpaired) electrons. The van der Waals surface area contributed by atoms with E-state index in [0.29, 0.717) is 6.54 Å². The van der Waals surface area contributed by atoms with Crippen LogP contribution in [0.4, 0.5) is 10.6 Å². The molecule has 2 N–H and O–H groups in total. The first kappa shape index (κ1) is 11.9. The minimum Gasteiger partial charge on any atom is -0.476 e. The van der Waals surface area contributed by atoms with Gasteiger partial charge >= 0.3 is 12.0 Å². The zero-order chi connectivity index (χ0) is 12.1. The molecular formula is C9H12N4O3. The lowest BCUT2D eigenvalue weighted by Gasteiger charge is -2.15. The summed E-state index contributed by atoms with van der Waals surface area (Å²) >= 11 is 0. The number of carbonyl (C=O) groups is 2. The Hall–Kier alpha value is -2.18. The van der Waals surface area contributed by atoms with Crippen LogP contribution in [-0.2, 0) is 0 Å². The molecule has 1 heterocycles. The van der Waals surface area contributed by atoms with Gasteiger partial charge in [-0.15, -0.1) is 0 Å². The second-order valence-electron chi connectivity index (χ2n) is 3.00. The minimum atomic E-state index is -1.23. The van der Waals surface area contributed by atoms with Gasteiger partial charge in [0.15, 0.2) is 11.5 Å². The predicted molar refractivity (Wildman–Crippen MR) is 56.3 cm³/mol. The van der Waals surface area contributed by atoms with Gasteiger partial charge in [0, 0.05) is 26.0 Å². The molecule has 0 bridgehead atoms. The molecule has 0 unspecified atom stereocenters. The van der Waals surface area contributed by atoms with Gasteiger partial charge in [-0.3, -0.25) is 5.32 Å². The number of aromatic nitrogens is 2. The van der Waals surface area contributed by atoms with Crippen molar-refractivity contribution in [2.45, 2.75) is 6.92 Å². The highest BCUT2D eigenvalue weighted by Gasteiger charge is 2.16. The fourth-order valence-corrected chi connectivity index (χ4v) is 0.926. The van der Waals surface area contributed by atoms with Gasteiger partial charge in [0.1, 0.15) is 0 Å². The lowest BCUT2D eigenvalue weighted by Crippen LogP contribution is -2.32. The van der Waals surface area contributed by atoms with Crippen molar-refractivity contribution in [3.05, 3.63) is 18.1 Å². The van der Waals surface area contributed by atoms with Gasteiger partial charge in [0.2, 0.25) is 0 Å². The van der Waals surface area contributed by atoms with Crippen LogP contribution in [0.3, 0.4) is 0 Å². The highest BCUT2D eigenvalue weighted by atomic mass is 16.4. The molecule has 7 heteroatoms. The molecule has 86 valence electrons. The molecule has 16 heavy (non-hydrogen) atoms. The maximum Gasteiger partial charge on any atom is 0.358 e. The molecule has 0 atom stereocenters. The zero-order valence-electron chi connectivity index (χ0n) is 8.97. The molecule has 0 fully saturated rings. The average molecular weight is 224 g/mol. The number of carboxylic acids is 1. The zero-order valence-corrected chi connectivity index (χ0v) is 8.97. The molecule has 0 aromatic carbocycles. The smallest absolute Gasteiger partial charge is 0.358 e. The molecule has 0 aliphatic heterocycles. The Bertz CT molecular complexity index is 407. The van der Waals surface area contributed by atoms with Crippen LogP contribution < -0.4 is 5.32 Å². The van der Waals surface area contributed by atoms with Crippen LogP contribution >= 0.6 is 0 Å². The van der Waals surface area contributed by atoms with E-state index in [1.807, 2.05) is 0 Å². The van der Waals surface area contributed by atoms with Crippen LogP contribution in [0.1, 0.15) is 17.4 Å². The summed E-state index contributed by atoms with van der Waals surface area (Å²) in [6.45, 7) is 2.31. The SMILES string of the molecule is CCN(C)C(=O)Nc1nccnc1C(=O)O. The van der Waals surface area contributed by atoms with E-state index in [2.05, 4.69) is 15.3 Å². The van der Waals surface area contributed by atoms with Gasteiger partial charge in [-0.2, -0.15) is 0 Å². The van der Waals surface area contributed by atoms with Crippen molar-refractivity contribution in [2.75, 3.05) is 18.9 Å². The second-order valence-corrected chi connectivity index (χ2v) is 3.00. The van der Waals surface area contributed by atoms with Gasteiger partial charge < -0.3 is 10.0 Å². The Kier molecular flexibility index (Phi) is 3.76. The number of hydrogen-bond acceptors (Lipinski definition) is 4. The predicted octanol–water partition coefficient (Wildman–Crippen LogP) is 0.658. The highest BCUT2D eigenvalue weighted by molar-refractivity contribution is 5.96. The Morgan fingerprint density at radius 3 is 2.62 bits per heavy atom. The first-order valence-electron chi connectivity index (χ1n) is 4.62. The van der Waals surface area contributed by atoms with Crippen LogP contribution in [0.15, 0.2) is 12.4 Å². The van der Waals surface area contributed by atoms with E-state index in [9.17, 15) is 9.59 Å². The Morgan fingerprint density at radius 1 is 1.44 bits per heavy atom. The molecule has 2 amide bonds. The van der Waals surface area contributed by atoms with Crippen LogP contribution in [0, 0.1) is 0 Å². The average Bonchev–Trinajstić information content (AvgIpc) is 2.28. The van der Waals surface area contributed by atoms with Gasteiger partial charge in [0.25, 0.3) is 0 Å². The first-order chi connectivity index (χ1) is 7.56. The molecule has 0 saturated heterocycles. The maximum atomic E-state index is 11.5. The highest BCUT2D eigenvalue weighted by Crippen LogP contribution is 2.08. The summed E-state index contributed by atoms with van der Waals surface area (Å²) in [7, 11) is 1.59. The van der Waals surface area contributed by atoms with E-state index in [-0.39, 0.29) is 11.5 Å². The van der Waals surface area contributed by atoms with Crippen molar-refractivity contribution >= 4 is 17.8 Å². The van der Waals surface area contributed by atoms with E-state index in [1.165, 1.54) is 17.3 Å². The standard InChI is InChI=1S/C9H12N4O3/c1-3-13(2)9(16)12-7-6(8(14)15)10-4-5-11-7/h4-5H,3H2,1-2H3,(H,14,15)(H,11,12,16). The molecule has 0 saturated carbocycles. The van der Waals surface area contributed by atoms with Crippen LogP contribution in [0.25, 0.3) is 0 Å². The summed E-state index contributed by atoms with van der Waals surface area (Å²) in [4.78, 5) is 31.0. The second kappa shape index (κ2) is 5.06. The molecule has 1 aromatic heterocycles. The first-order valence-corrected chi connectivity index (χ1v) is 4.62. The fourth-order valence-electron chi connectivity index (χ4n) is 0.926. The molecule has 0 aliphatic carbocycles. The van der Waals surface area contributed by atoms with Crippen molar-refractivity contribution in [3.63, 3.8) is 0 Å². The summed E-state index contributed by atoms with van der Waals surface area (Å²) in [5, 5.41) is 11.2. The normalized spacial score (nSPS) is 9.62. The van der Waals surface area contributed by atoms with E-state index >= 15 is 0 Å². The van der Waals surface area contributed by atoms with Crippen molar-refractivity contribution in [2.24, 2.45) is 0 Å². The van der Waals surface area contributed by atoms with Crippen LogP contribution in [0.2, 0.25) is 0 Å². The summed E-state index contributed by atoms with van der Waals surface area (Å²) in [5.74, 6) is -1.29. The number of nitrogens with zero attached hydrogens (tertiary/aromatic N) is 3. The Labute approximate surface area is 92.1 Å². The number of carboxylic acid groups (broad SMARTS) is 1. The maximum absolute atomic E-state index is 11.5. The molecule has 0 spiro atoms. The van der Waals surface area contributed by atoms with Gasteiger partial charge in [0.05, 0.1) is 0 Å². The van der Waals surface area contributed by atoms with Crippen molar-refractivity contribution in [1.82, 2.24) is 14.9 Å². The van der Waals surface area contributed by atoms with Crippen molar-refractivity contribution in [1.29, 1.82) is 0 Å². The quantitative estimate of drug-likeness (QED) is 0.786. The fraction of sp³-hybridized carbons (Fsp3) is 0.333. The monoisotopic (exact) mass is 224 g/mol. The van der Waals surface area contributed by atoms with E-state index < -0.39 is 12.0 Å². The number of urea groups is 1. The van der Waals surface area contributed by atoms with Gasteiger partial charge in [-0.25, -0.2) is 19.6 Å². The number of amides is 2. The van der Waals surface area contributed by atoms with Crippen LogP contribution in [0.5, 0.6) is 0 Å². The number of nitrogens with one attached hydrogen (secondary N) is 1. The van der Waals surface area contributed by atoms with Gasteiger partial charge in [-0.1, -0.05) is 0 Å². The number of aromatic carboxylic acids is 1. The molecule has 1 rings (SSSR count). The summed E-state index contributed by atoms with van der Waals surface area (Å²) in [5.41, 5.74) is -0.277. The third-order valence-corrected chi connectivity index (χ3v) is 1.95. The number of hydrogen-bond donors (Lipinski definition) is 2. The number of anilines is 1. The summed E-state index contributed by atoms with van der Waals surface area (Å²) in [6, 6.07) is -0.425. The van der Waals surface area contributed by atoms with E-state index in [1.54, 1.807) is 14.0 Å². The Balaban J connectivity index is 2.89. The number of rotatable bonds is 3. The topological polar surface area (TPSA) is 95.4 Å². The van der Waals surface area contributed by atoms with Crippen molar-refractivity contribution in [3.8, 4) is 0 Å². The van der Waals surface area contributed by atoms with Crippen molar-refractivity contribution < 1.29 is 14.7 Å². The van der Waals surface area contributed by atoms with Crippen LogP contribution in [-0.4, -0.2) is 45.6 Å². The van der Waals surface area contributed by atoms with E-state index in [4.69, 9.17) is 5.11 Å². The summed E-state index contributed by atoms with van der Waals surface area (Å²) < 4.78 is 0. The van der Waals surface area contributed by atoms with Gasteiger partial charge in [-0.05, 0) is 6.92 Å².